The highest BCUT2D eigenvalue weighted by Crippen LogP contribution is 2.17. The van der Waals surface area contributed by atoms with Crippen LogP contribution in [0.5, 0.6) is 0 Å². The largest absolute Gasteiger partial charge is 0.326 e. The Morgan fingerprint density at radius 2 is 1.96 bits per heavy atom. The zero-order valence-corrected chi connectivity index (χ0v) is 14.4. The van der Waals surface area contributed by atoms with E-state index < -0.39 is 0 Å². The van der Waals surface area contributed by atoms with E-state index in [0.29, 0.717) is 6.42 Å². The minimum atomic E-state index is -0.0105. The maximum Gasteiger partial charge on any atom is 0.230 e. The van der Waals surface area contributed by atoms with Crippen LogP contribution in [-0.2, 0) is 17.8 Å². The number of benzene rings is 1. The molecule has 0 atom stereocenters. The smallest absolute Gasteiger partial charge is 0.230 e. The second-order valence-corrected chi connectivity index (χ2v) is 7.10. The Morgan fingerprint density at radius 1 is 1.22 bits per heavy atom. The third-order valence-corrected chi connectivity index (χ3v) is 4.97. The molecule has 1 fully saturated rings. The predicted molar refractivity (Wildman–Crippen MR) is 94.8 cm³/mol. The number of anilines is 1. The summed E-state index contributed by atoms with van der Waals surface area (Å²) < 4.78 is 0. The summed E-state index contributed by atoms with van der Waals surface area (Å²) in [5.41, 5.74) is 2.89. The second kappa shape index (κ2) is 7.70. The molecule has 1 aliphatic rings. The monoisotopic (exact) mass is 329 g/mol. The van der Waals surface area contributed by atoms with Gasteiger partial charge in [-0.3, -0.25) is 9.69 Å². The average Bonchev–Trinajstić information content (AvgIpc) is 2.97. The van der Waals surface area contributed by atoms with Crippen molar-refractivity contribution in [1.29, 1.82) is 0 Å². The van der Waals surface area contributed by atoms with Crippen LogP contribution < -0.4 is 5.32 Å². The Hall–Kier alpha value is -1.72. The highest BCUT2D eigenvalue weighted by atomic mass is 32.1. The summed E-state index contributed by atoms with van der Waals surface area (Å²) in [4.78, 5) is 19.2. The third-order valence-electron chi connectivity index (χ3n) is 4.08. The number of nitrogens with one attached hydrogen (secondary N) is 1. The van der Waals surface area contributed by atoms with Crippen LogP contribution in [0, 0.1) is 6.92 Å². The zero-order valence-electron chi connectivity index (χ0n) is 13.5. The van der Waals surface area contributed by atoms with Gasteiger partial charge in [-0.15, -0.1) is 11.3 Å². The van der Waals surface area contributed by atoms with Crippen LogP contribution in [0.3, 0.4) is 0 Å². The van der Waals surface area contributed by atoms with Crippen LogP contribution in [0.2, 0.25) is 0 Å². The number of amides is 1. The SMILES string of the molecule is Cc1ccc(NC(=O)Cc2csc(CN3CCCCC3)n2)cc1. The molecule has 122 valence electrons. The molecule has 0 saturated carbocycles. The lowest BCUT2D eigenvalue weighted by Crippen LogP contribution is -2.29. The molecule has 0 spiro atoms. The van der Waals surface area contributed by atoms with E-state index >= 15 is 0 Å². The molecule has 1 aliphatic heterocycles. The van der Waals surface area contributed by atoms with Gasteiger partial charge in [0.05, 0.1) is 18.7 Å². The van der Waals surface area contributed by atoms with Crippen LogP contribution in [0.4, 0.5) is 5.69 Å². The normalized spacial score (nSPS) is 15.5. The predicted octanol–water partition coefficient (Wildman–Crippen LogP) is 3.62. The number of aromatic nitrogens is 1. The van der Waals surface area contributed by atoms with Gasteiger partial charge in [0, 0.05) is 11.1 Å². The fourth-order valence-electron chi connectivity index (χ4n) is 2.82. The lowest BCUT2D eigenvalue weighted by Gasteiger charge is -2.25. The molecule has 2 aromatic rings. The Labute approximate surface area is 141 Å². The molecule has 0 unspecified atom stereocenters. The van der Waals surface area contributed by atoms with Crippen molar-refractivity contribution >= 4 is 22.9 Å². The van der Waals surface area contributed by atoms with Crippen molar-refractivity contribution in [2.24, 2.45) is 0 Å². The minimum absolute atomic E-state index is 0.0105. The van der Waals surface area contributed by atoms with E-state index in [1.165, 1.54) is 37.9 Å². The van der Waals surface area contributed by atoms with Gasteiger partial charge in [-0.25, -0.2) is 4.98 Å². The van der Waals surface area contributed by atoms with Gasteiger partial charge < -0.3 is 5.32 Å². The standard InChI is InChI=1S/C18H23N3OS/c1-14-5-7-15(8-6-14)19-17(22)11-16-13-23-18(20-16)12-21-9-3-2-4-10-21/h5-8,13H,2-4,9-12H2,1H3,(H,19,22). The Balaban J connectivity index is 1.51. The number of likely N-dealkylation sites (tertiary alicyclic amines) is 1. The van der Waals surface area contributed by atoms with Gasteiger partial charge in [0.25, 0.3) is 0 Å². The molecule has 2 heterocycles. The molecule has 4 nitrogen and oxygen atoms in total. The van der Waals surface area contributed by atoms with E-state index in [1.807, 2.05) is 36.6 Å². The van der Waals surface area contributed by atoms with Gasteiger partial charge in [-0.1, -0.05) is 24.1 Å². The van der Waals surface area contributed by atoms with Gasteiger partial charge in [0.2, 0.25) is 5.91 Å². The molecule has 23 heavy (non-hydrogen) atoms. The quantitative estimate of drug-likeness (QED) is 0.911. The highest BCUT2D eigenvalue weighted by molar-refractivity contribution is 7.09. The number of nitrogens with zero attached hydrogens (tertiary/aromatic N) is 2. The number of carbonyl (C=O) groups excluding carboxylic acids is 1. The van der Waals surface area contributed by atoms with Crippen LogP contribution in [0.15, 0.2) is 29.6 Å². The molecule has 5 heteroatoms. The van der Waals surface area contributed by atoms with Crippen molar-refractivity contribution in [2.45, 2.75) is 39.2 Å². The van der Waals surface area contributed by atoms with Crippen LogP contribution in [0.1, 0.15) is 35.5 Å². The van der Waals surface area contributed by atoms with Gasteiger partial charge in [0.1, 0.15) is 5.01 Å². The van der Waals surface area contributed by atoms with Crippen molar-refractivity contribution in [1.82, 2.24) is 9.88 Å². The number of carbonyl (C=O) groups is 1. The molecule has 1 aromatic heterocycles. The van der Waals surface area contributed by atoms with E-state index in [2.05, 4.69) is 15.2 Å². The fraction of sp³-hybridized carbons (Fsp3) is 0.444. The number of rotatable bonds is 5. The zero-order chi connectivity index (χ0) is 16.1. The summed E-state index contributed by atoms with van der Waals surface area (Å²) >= 11 is 1.66. The number of thiazole rings is 1. The maximum absolute atomic E-state index is 12.1. The fourth-order valence-corrected chi connectivity index (χ4v) is 3.65. The summed E-state index contributed by atoms with van der Waals surface area (Å²) in [6.45, 7) is 5.29. The molecule has 1 amide bonds. The molecule has 1 aromatic carbocycles. The van der Waals surface area contributed by atoms with Gasteiger partial charge >= 0.3 is 0 Å². The minimum Gasteiger partial charge on any atom is -0.326 e. The summed E-state index contributed by atoms with van der Waals surface area (Å²) in [5.74, 6) is -0.0105. The maximum atomic E-state index is 12.1. The lowest BCUT2D eigenvalue weighted by molar-refractivity contribution is -0.115. The van der Waals surface area contributed by atoms with Crippen molar-refractivity contribution in [3.63, 3.8) is 0 Å². The van der Waals surface area contributed by atoms with E-state index in [-0.39, 0.29) is 5.91 Å². The summed E-state index contributed by atoms with van der Waals surface area (Å²) in [6.07, 6.45) is 4.26. The Morgan fingerprint density at radius 3 is 2.70 bits per heavy atom. The first-order valence-electron chi connectivity index (χ1n) is 8.21. The highest BCUT2D eigenvalue weighted by Gasteiger charge is 2.13. The van der Waals surface area contributed by atoms with Gasteiger partial charge in [0.15, 0.2) is 0 Å². The van der Waals surface area contributed by atoms with Gasteiger partial charge in [-0.2, -0.15) is 0 Å². The Bertz CT molecular complexity index is 645. The number of piperidine rings is 1. The lowest BCUT2D eigenvalue weighted by atomic mass is 10.1. The number of hydrogen-bond acceptors (Lipinski definition) is 4. The number of hydrogen-bond donors (Lipinski definition) is 1. The van der Waals surface area contributed by atoms with Crippen molar-refractivity contribution < 1.29 is 4.79 Å². The van der Waals surface area contributed by atoms with Crippen LogP contribution in [0.25, 0.3) is 0 Å². The van der Waals surface area contributed by atoms with Crippen LogP contribution in [-0.4, -0.2) is 28.9 Å². The summed E-state index contributed by atoms with van der Waals surface area (Å²) in [5, 5.41) is 6.05. The molecule has 0 bridgehead atoms. The van der Waals surface area contributed by atoms with Crippen molar-refractivity contribution in [3.8, 4) is 0 Å². The topological polar surface area (TPSA) is 45.2 Å². The molecular weight excluding hydrogens is 306 g/mol. The van der Waals surface area contributed by atoms with Crippen molar-refractivity contribution in [2.75, 3.05) is 18.4 Å². The summed E-state index contributed by atoms with van der Waals surface area (Å²) in [6, 6.07) is 7.84. The van der Waals surface area contributed by atoms with Gasteiger partial charge in [-0.05, 0) is 45.0 Å². The first-order chi connectivity index (χ1) is 11.2. The molecule has 0 aliphatic carbocycles. The molecular formula is C18H23N3OS. The van der Waals surface area contributed by atoms with Crippen LogP contribution >= 0.6 is 11.3 Å². The van der Waals surface area contributed by atoms with Crippen molar-refractivity contribution in [3.05, 3.63) is 45.9 Å². The van der Waals surface area contributed by atoms with E-state index in [1.54, 1.807) is 11.3 Å². The molecule has 3 rings (SSSR count). The second-order valence-electron chi connectivity index (χ2n) is 6.16. The first kappa shape index (κ1) is 16.1. The first-order valence-corrected chi connectivity index (χ1v) is 9.09. The van der Waals surface area contributed by atoms with E-state index in [9.17, 15) is 4.79 Å². The third kappa shape index (κ3) is 4.88. The van der Waals surface area contributed by atoms with E-state index in [4.69, 9.17) is 0 Å². The molecule has 1 saturated heterocycles. The molecule has 0 radical (unpaired) electrons. The molecule has 1 N–H and O–H groups in total. The average molecular weight is 329 g/mol. The van der Waals surface area contributed by atoms with E-state index in [0.717, 1.165) is 22.9 Å². The summed E-state index contributed by atoms with van der Waals surface area (Å²) in [7, 11) is 0. The number of aryl methyl sites for hydroxylation is 1. The Kier molecular flexibility index (Phi) is 5.41.